The third-order valence-electron chi connectivity index (χ3n) is 6.57. The number of H-pyrrole nitrogens is 1. The molecule has 3 aromatic carbocycles. The Balaban J connectivity index is 1.79. The van der Waals surface area contributed by atoms with E-state index >= 15 is 0 Å². The number of anilines is 2. The number of pyridine rings is 1. The first-order chi connectivity index (χ1) is 17.1. The van der Waals surface area contributed by atoms with Gasteiger partial charge in [0.15, 0.2) is 0 Å². The van der Waals surface area contributed by atoms with E-state index in [1.54, 1.807) is 25.1 Å². The Kier molecular flexibility index (Phi) is 5.76. The smallest absolute Gasteiger partial charge is 0.231 e. The summed E-state index contributed by atoms with van der Waals surface area (Å²) in [7, 11) is -0.116. The van der Waals surface area contributed by atoms with Crippen LogP contribution in [-0.4, -0.2) is 44.6 Å². The van der Waals surface area contributed by atoms with Crippen molar-refractivity contribution in [3.63, 3.8) is 0 Å². The van der Waals surface area contributed by atoms with Gasteiger partial charge in [0.25, 0.3) is 0 Å². The van der Waals surface area contributed by atoms with E-state index in [0.717, 1.165) is 49.9 Å². The standard InChI is InChI=1S/C28H26N4O3S/c1-18(33)31(2)21-12-10-19(11-13-21)24-17-29-28-27(26(24)20-8-6-5-7-9-20)23-16-22(14-15-25(23)30-28)32(3)36(4,34)35/h5-17H,1-4H3,(H,29,30). The fourth-order valence-corrected chi connectivity index (χ4v) is 4.90. The average molecular weight is 499 g/mol. The van der Waals surface area contributed by atoms with Crippen LogP contribution >= 0.6 is 0 Å². The summed E-state index contributed by atoms with van der Waals surface area (Å²) in [5, 5.41) is 1.81. The van der Waals surface area contributed by atoms with Crippen molar-refractivity contribution < 1.29 is 13.2 Å². The topological polar surface area (TPSA) is 86.4 Å². The lowest BCUT2D eigenvalue weighted by Gasteiger charge is -2.17. The van der Waals surface area contributed by atoms with E-state index in [9.17, 15) is 13.2 Å². The molecule has 1 N–H and O–H groups in total. The van der Waals surface area contributed by atoms with Crippen molar-refractivity contribution in [1.29, 1.82) is 0 Å². The van der Waals surface area contributed by atoms with E-state index in [4.69, 9.17) is 4.98 Å². The van der Waals surface area contributed by atoms with Gasteiger partial charge in [-0.15, -0.1) is 0 Å². The van der Waals surface area contributed by atoms with Gasteiger partial charge < -0.3 is 9.88 Å². The molecule has 182 valence electrons. The Morgan fingerprint density at radius 3 is 2.19 bits per heavy atom. The zero-order valence-corrected chi connectivity index (χ0v) is 21.3. The molecule has 0 aliphatic carbocycles. The lowest BCUT2D eigenvalue weighted by molar-refractivity contribution is -0.116. The number of aromatic amines is 1. The van der Waals surface area contributed by atoms with Crippen LogP contribution in [0.15, 0.2) is 79.0 Å². The molecule has 0 atom stereocenters. The fourth-order valence-electron chi connectivity index (χ4n) is 4.40. The van der Waals surface area contributed by atoms with Gasteiger partial charge in [0, 0.05) is 60.3 Å². The highest BCUT2D eigenvalue weighted by atomic mass is 32.2. The predicted molar refractivity (Wildman–Crippen MR) is 147 cm³/mol. The Hall–Kier alpha value is -4.17. The second-order valence-electron chi connectivity index (χ2n) is 8.85. The van der Waals surface area contributed by atoms with Crippen LogP contribution in [0.1, 0.15) is 6.92 Å². The molecule has 2 heterocycles. The molecule has 1 amide bonds. The van der Waals surface area contributed by atoms with Crippen LogP contribution in [0.3, 0.4) is 0 Å². The Bertz CT molecular complexity index is 1710. The number of amides is 1. The van der Waals surface area contributed by atoms with E-state index < -0.39 is 10.0 Å². The number of aromatic nitrogens is 2. The van der Waals surface area contributed by atoms with Gasteiger partial charge in [-0.05, 0) is 41.5 Å². The van der Waals surface area contributed by atoms with Crippen molar-refractivity contribution in [2.75, 3.05) is 29.6 Å². The number of hydrogen-bond donors (Lipinski definition) is 1. The Morgan fingerprint density at radius 2 is 1.56 bits per heavy atom. The molecule has 5 rings (SSSR count). The summed E-state index contributed by atoms with van der Waals surface area (Å²) < 4.78 is 25.7. The minimum Gasteiger partial charge on any atom is -0.339 e. The first kappa shape index (κ1) is 23.6. The van der Waals surface area contributed by atoms with E-state index in [1.807, 2.05) is 60.8 Å². The van der Waals surface area contributed by atoms with Crippen LogP contribution in [0.2, 0.25) is 0 Å². The molecule has 8 heteroatoms. The Morgan fingerprint density at radius 1 is 0.889 bits per heavy atom. The minimum absolute atomic E-state index is 0.0375. The molecule has 0 radical (unpaired) electrons. The molecular weight excluding hydrogens is 472 g/mol. The number of nitrogens with one attached hydrogen (secondary N) is 1. The van der Waals surface area contributed by atoms with Gasteiger partial charge in [0.1, 0.15) is 5.65 Å². The van der Waals surface area contributed by atoms with Gasteiger partial charge in [0.2, 0.25) is 15.9 Å². The summed E-state index contributed by atoms with van der Waals surface area (Å²) in [5.41, 5.74) is 6.90. The van der Waals surface area contributed by atoms with Gasteiger partial charge in [-0.3, -0.25) is 9.10 Å². The van der Waals surface area contributed by atoms with Gasteiger partial charge in [-0.25, -0.2) is 13.4 Å². The molecule has 0 bridgehead atoms. The first-order valence-corrected chi connectivity index (χ1v) is 13.3. The quantitative estimate of drug-likeness (QED) is 0.350. The first-order valence-electron chi connectivity index (χ1n) is 11.4. The van der Waals surface area contributed by atoms with Crippen molar-refractivity contribution in [2.45, 2.75) is 6.92 Å². The second kappa shape index (κ2) is 8.80. The molecule has 0 spiro atoms. The summed E-state index contributed by atoms with van der Waals surface area (Å²) in [6.45, 7) is 1.53. The average Bonchev–Trinajstić information content (AvgIpc) is 3.25. The van der Waals surface area contributed by atoms with E-state index in [-0.39, 0.29) is 5.91 Å². The van der Waals surface area contributed by atoms with Crippen molar-refractivity contribution in [1.82, 2.24) is 9.97 Å². The number of rotatable bonds is 5. The fraction of sp³-hybridized carbons (Fsp3) is 0.143. The zero-order valence-electron chi connectivity index (χ0n) is 20.5. The van der Waals surface area contributed by atoms with Crippen LogP contribution in [0, 0.1) is 0 Å². The molecule has 0 unspecified atom stereocenters. The molecule has 36 heavy (non-hydrogen) atoms. The largest absolute Gasteiger partial charge is 0.339 e. The maximum atomic E-state index is 12.2. The number of benzene rings is 3. The number of sulfonamides is 1. The molecular formula is C28H26N4O3S. The van der Waals surface area contributed by atoms with Crippen LogP contribution in [0.4, 0.5) is 11.4 Å². The Labute approximate surface area is 210 Å². The highest BCUT2D eigenvalue weighted by molar-refractivity contribution is 7.92. The van der Waals surface area contributed by atoms with E-state index in [2.05, 4.69) is 17.1 Å². The molecule has 0 aliphatic heterocycles. The van der Waals surface area contributed by atoms with Gasteiger partial charge >= 0.3 is 0 Å². The van der Waals surface area contributed by atoms with Crippen LogP contribution < -0.4 is 9.21 Å². The van der Waals surface area contributed by atoms with Crippen molar-refractivity contribution in [3.8, 4) is 22.3 Å². The molecule has 2 aromatic heterocycles. The number of fused-ring (bicyclic) bond motifs is 3. The summed E-state index contributed by atoms with van der Waals surface area (Å²) >= 11 is 0. The minimum atomic E-state index is -3.41. The number of hydrogen-bond acceptors (Lipinski definition) is 4. The normalized spacial score (nSPS) is 11.7. The lowest BCUT2D eigenvalue weighted by Crippen LogP contribution is -2.24. The van der Waals surface area contributed by atoms with E-state index in [0.29, 0.717) is 5.69 Å². The van der Waals surface area contributed by atoms with Crippen LogP contribution in [0.5, 0.6) is 0 Å². The SMILES string of the molecule is CC(=O)N(C)c1ccc(-c2cnc3[nH]c4ccc(N(C)S(C)(=O)=O)cc4c3c2-c2ccccc2)cc1. The van der Waals surface area contributed by atoms with Gasteiger partial charge in [-0.2, -0.15) is 0 Å². The number of nitrogens with zero attached hydrogens (tertiary/aromatic N) is 3. The molecule has 0 saturated carbocycles. The highest BCUT2D eigenvalue weighted by Gasteiger charge is 2.19. The van der Waals surface area contributed by atoms with Crippen molar-refractivity contribution in [3.05, 3.63) is 79.0 Å². The molecule has 5 aromatic rings. The highest BCUT2D eigenvalue weighted by Crippen LogP contribution is 2.41. The number of carbonyl (C=O) groups excluding carboxylic acids is 1. The maximum absolute atomic E-state index is 12.2. The molecule has 0 fully saturated rings. The van der Waals surface area contributed by atoms with E-state index in [1.165, 1.54) is 17.5 Å². The summed E-state index contributed by atoms with van der Waals surface area (Å²) in [6.07, 6.45) is 3.04. The third kappa shape index (κ3) is 4.09. The zero-order chi connectivity index (χ0) is 25.6. The third-order valence-corrected chi connectivity index (χ3v) is 7.77. The lowest BCUT2D eigenvalue weighted by atomic mass is 9.92. The monoisotopic (exact) mass is 498 g/mol. The molecule has 0 saturated heterocycles. The number of carbonyl (C=O) groups is 1. The summed E-state index contributed by atoms with van der Waals surface area (Å²) in [4.78, 5) is 21.5. The molecule has 7 nitrogen and oxygen atoms in total. The van der Waals surface area contributed by atoms with Gasteiger partial charge in [0.05, 0.1) is 11.9 Å². The van der Waals surface area contributed by atoms with Crippen LogP contribution in [0.25, 0.3) is 44.2 Å². The maximum Gasteiger partial charge on any atom is 0.231 e. The predicted octanol–water partition coefficient (Wildman–Crippen LogP) is 5.43. The van der Waals surface area contributed by atoms with Crippen molar-refractivity contribution >= 4 is 49.2 Å². The summed E-state index contributed by atoms with van der Waals surface area (Å²) in [6, 6.07) is 23.4. The van der Waals surface area contributed by atoms with Crippen molar-refractivity contribution in [2.24, 2.45) is 0 Å². The van der Waals surface area contributed by atoms with Gasteiger partial charge in [-0.1, -0.05) is 42.5 Å². The van der Waals surface area contributed by atoms with Crippen LogP contribution in [-0.2, 0) is 14.8 Å². The second-order valence-corrected chi connectivity index (χ2v) is 10.9. The summed E-state index contributed by atoms with van der Waals surface area (Å²) in [5.74, 6) is -0.0375. The molecule has 0 aliphatic rings.